The molecule has 22 heavy (non-hydrogen) atoms. The van der Waals surface area contributed by atoms with Gasteiger partial charge in [0.25, 0.3) is 0 Å². The van der Waals surface area contributed by atoms with Gasteiger partial charge in [0.05, 0.1) is 12.3 Å². The van der Waals surface area contributed by atoms with Gasteiger partial charge in [0.2, 0.25) is 0 Å². The maximum atomic E-state index is 5.88. The van der Waals surface area contributed by atoms with E-state index >= 15 is 0 Å². The first-order chi connectivity index (χ1) is 10.8. The van der Waals surface area contributed by atoms with Crippen LogP contribution in [0.15, 0.2) is 48.5 Å². The third-order valence-electron chi connectivity index (χ3n) is 3.64. The highest BCUT2D eigenvalue weighted by molar-refractivity contribution is 5.60. The SMILES string of the molecule is CCOc1cc(CNC)ccc1N(CC)Cc1ccccc1. The van der Waals surface area contributed by atoms with Crippen molar-refractivity contribution in [2.75, 3.05) is 25.1 Å². The predicted octanol–water partition coefficient (Wildman–Crippen LogP) is 3.83. The molecule has 0 heterocycles. The molecule has 0 bridgehead atoms. The number of hydrogen-bond donors (Lipinski definition) is 1. The lowest BCUT2D eigenvalue weighted by Crippen LogP contribution is -2.23. The molecular weight excluding hydrogens is 272 g/mol. The maximum Gasteiger partial charge on any atom is 0.142 e. The van der Waals surface area contributed by atoms with Crippen LogP contribution in [0.2, 0.25) is 0 Å². The molecule has 2 rings (SSSR count). The zero-order chi connectivity index (χ0) is 15.8. The molecule has 2 aromatic rings. The minimum atomic E-state index is 0.679. The number of nitrogens with one attached hydrogen (secondary N) is 1. The van der Waals surface area contributed by atoms with Gasteiger partial charge in [-0.25, -0.2) is 0 Å². The molecule has 0 atom stereocenters. The summed E-state index contributed by atoms with van der Waals surface area (Å²) in [5, 5.41) is 3.19. The van der Waals surface area contributed by atoms with Crippen LogP contribution in [-0.2, 0) is 13.1 Å². The molecule has 0 saturated heterocycles. The Morgan fingerprint density at radius 2 is 1.77 bits per heavy atom. The first-order valence-electron chi connectivity index (χ1n) is 7.97. The second-order valence-corrected chi connectivity index (χ2v) is 5.27. The molecule has 3 nitrogen and oxygen atoms in total. The highest BCUT2D eigenvalue weighted by atomic mass is 16.5. The van der Waals surface area contributed by atoms with E-state index < -0.39 is 0 Å². The summed E-state index contributed by atoms with van der Waals surface area (Å²) in [6.07, 6.45) is 0. The second kappa shape index (κ2) is 8.44. The molecular formula is C19H26N2O. The van der Waals surface area contributed by atoms with Crippen molar-refractivity contribution >= 4 is 5.69 Å². The first-order valence-corrected chi connectivity index (χ1v) is 7.97. The quantitative estimate of drug-likeness (QED) is 0.801. The largest absolute Gasteiger partial charge is 0.492 e. The maximum absolute atomic E-state index is 5.88. The average molecular weight is 298 g/mol. The summed E-state index contributed by atoms with van der Waals surface area (Å²) in [6, 6.07) is 17.0. The van der Waals surface area contributed by atoms with E-state index in [0.717, 1.165) is 31.1 Å². The summed E-state index contributed by atoms with van der Waals surface area (Å²) >= 11 is 0. The Hall–Kier alpha value is -2.00. The fraction of sp³-hybridized carbons (Fsp3) is 0.368. The molecule has 1 N–H and O–H groups in total. The van der Waals surface area contributed by atoms with Crippen LogP contribution >= 0.6 is 0 Å². The molecule has 118 valence electrons. The molecule has 0 saturated carbocycles. The van der Waals surface area contributed by atoms with E-state index in [0.29, 0.717) is 6.61 Å². The Kier molecular flexibility index (Phi) is 6.28. The highest BCUT2D eigenvalue weighted by Crippen LogP contribution is 2.30. The van der Waals surface area contributed by atoms with Crippen molar-refractivity contribution < 1.29 is 4.74 Å². The van der Waals surface area contributed by atoms with Crippen molar-refractivity contribution in [1.29, 1.82) is 0 Å². The zero-order valence-electron chi connectivity index (χ0n) is 13.8. The van der Waals surface area contributed by atoms with E-state index in [2.05, 4.69) is 65.7 Å². The second-order valence-electron chi connectivity index (χ2n) is 5.27. The van der Waals surface area contributed by atoms with Gasteiger partial charge in [-0.1, -0.05) is 36.4 Å². The molecule has 0 aliphatic carbocycles. The van der Waals surface area contributed by atoms with Crippen molar-refractivity contribution in [2.24, 2.45) is 0 Å². The summed E-state index contributed by atoms with van der Waals surface area (Å²) in [6.45, 7) is 7.58. The van der Waals surface area contributed by atoms with Crippen LogP contribution in [0.4, 0.5) is 5.69 Å². The van der Waals surface area contributed by atoms with E-state index in [4.69, 9.17) is 4.74 Å². The van der Waals surface area contributed by atoms with Gasteiger partial charge >= 0.3 is 0 Å². The molecule has 0 aromatic heterocycles. The lowest BCUT2D eigenvalue weighted by Gasteiger charge is -2.26. The molecule has 0 fully saturated rings. The highest BCUT2D eigenvalue weighted by Gasteiger charge is 2.12. The molecule has 0 aliphatic rings. The third-order valence-corrected chi connectivity index (χ3v) is 3.64. The number of hydrogen-bond acceptors (Lipinski definition) is 3. The van der Waals surface area contributed by atoms with Crippen LogP contribution in [0.25, 0.3) is 0 Å². The van der Waals surface area contributed by atoms with E-state index in [1.54, 1.807) is 0 Å². The van der Waals surface area contributed by atoms with Crippen LogP contribution in [-0.4, -0.2) is 20.2 Å². The van der Waals surface area contributed by atoms with Gasteiger partial charge in [0.1, 0.15) is 5.75 Å². The minimum absolute atomic E-state index is 0.679. The van der Waals surface area contributed by atoms with Gasteiger partial charge in [0, 0.05) is 19.6 Å². The van der Waals surface area contributed by atoms with Crippen molar-refractivity contribution in [3.05, 3.63) is 59.7 Å². The monoisotopic (exact) mass is 298 g/mol. The Bertz CT molecular complexity index is 569. The number of nitrogens with zero attached hydrogens (tertiary/aromatic N) is 1. The zero-order valence-corrected chi connectivity index (χ0v) is 13.8. The van der Waals surface area contributed by atoms with Gasteiger partial charge < -0.3 is 15.0 Å². The fourth-order valence-electron chi connectivity index (χ4n) is 2.58. The van der Waals surface area contributed by atoms with Crippen molar-refractivity contribution in [1.82, 2.24) is 5.32 Å². The molecule has 0 radical (unpaired) electrons. The first kappa shape index (κ1) is 16.4. The Balaban J connectivity index is 2.26. The van der Waals surface area contributed by atoms with E-state index in [9.17, 15) is 0 Å². The summed E-state index contributed by atoms with van der Waals surface area (Å²) in [4.78, 5) is 2.35. The lowest BCUT2D eigenvalue weighted by atomic mass is 10.1. The van der Waals surface area contributed by atoms with E-state index in [1.807, 2.05) is 14.0 Å². The topological polar surface area (TPSA) is 24.5 Å². The van der Waals surface area contributed by atoms with Crippen LogP contribution in [0, 0.1) is 0 Å². The van der Waals surface area contributed by atoms with Gasteiger partial charge in [0.15, 0.2) is 0 Å². The average Bonchev–Trinajstić information content (AvgIpc) is 2.55. The summed E-state index contributed by atoms with van der Waals surface area (Å²) in [5.41, 5.74) is 3.71. The lowest BCUT2D eigenvalue weighted by molar-refractivity contribution is 0.340. The third kappa shape index (κ3) is 4.25. The van der Waals surface area contributed by atoms with Crippen LogP contribution in [0.5, 0.6) is 5.75 Å². The van der Waals surface area contributed by atoms with Crippen molar-refractivity contribution in [3.8, 4) is 5.75 Å². The number of anilines is 1. The van der Waals surface area contributed by atoms with Crippen molar-refractivity contribution in [2.45, 2.75) is 26.9 Å². The van der Waals surface area contributed by atoms with Crippen LogP contribution in [0.1, 0.15) is 25.0 Å². The predicted molar refractivity (Wildman–Crippen MR) is 93.5 cm³/mol. The van der Waals surface area contributed by atoms with Gasteiger partial charge in [-0.15, -0.1) is 0 Å². The molecule has 0 spiro atoms. The molecule has 0 unspecified atom stereocenters. The normalized spacial score (nSPS) is 10.5. The minimum Gasteiger partial charge on any atom is -0.492 e. The molecule has 2 aromatic carbocycles. The number of rotatable bonds is 8. The number of ether oxygens (including phenoxy) is 1. The molecule has 0 amide bonds. The fourth-order valence-corrected chi connectivity index (χ4v) is 2.58. The van der Waals surface area contributed by atoms with Crippen molar-refractivity contribution in [3.63, 3.8) is 0 Å². The summed E-state index contributed by atoms with van der Waals surface area (Å²) in [7, 11) is 1.96. The van der Waals surface area contributed by atoms with Gasteiger partial charge in [-0.3, -0.25) is 0 Å². The number of benzene rings is 2. The summed E-state index contributed by atoms with van der Waals surface area (Å²) in [5.74, 6) is 0.966. The van der Waals surface area contributed by atoms with E-state index in [1.165, 1.54) is 11.1 Å². The Labute approximate surface area is 133 Å². The van der Waals surface area contributed by atoms with E-state index in [-0.39, 0.29) is 0 Å². The van der Waals surface area contributed by atoms with Crippen LogP contribution in [0.3, 0.4) is 0 Å². The smallest absolute Gasteiger partial charge is 0.142 e. The van der Waals surface area contributed by atoms with Gasteiger partial charge in [-0.05, 0) is 44.2 Å². The Morgan fingerprint density at radius 3 is 2.41 bits per heavy atom. The molecule has 0 aliphatic heterocycles. The van der Waals surface area contributed by atoms with Crippen LogP contribution < -0.4 is 15.0 Å². The molecule has 3 heteroatoms. The summed E-state index contributed by atoms with van der Waals surface area (Å²) < 4.78 is 5.88. The van der Waals surface area contributed by atoms with Gasteiger partial charge in [-0.2, -0.15) is 0 Å². The standard InChI is InChI=1S/C19H26N2O/c1-4-21(15-16-9-7-6-8-10-16)18-12-11-17(14-20-3)13-19(18)22-5-2/h6-13,20H,4-5,14-15H2,1-3H3. The Morgan fingerprint density at radius 1 is 1.00 bits per heavy atom.